The van der Waals surface area contributed by atoms with Crippen LogP contribution < -0.4 is 5.43 Å². The molecule has 0 aromatic heterocycles. The number of hydrogen-bond acceptors (Lipinski definition) is 4. The number of ketones is 2. The van der Waals surface area contributed by atoms with Gasteiger partial charge in [0.1, 0.15) is 0 Å². The molecule has 3 aromatic carbocycles. The third kappa shape index (κ3) is 2.86. The first-order valence-electron chi connectivity index (χ1n) is 8.08. The first kappa shape index (κ1) is 16.9. The fourth-order valence-corrected chi connectivity index (χ4v) is 3.23. The maximum atomic E-state index is 13.0. The van der Waals surface area contributed by atoms with Crippen molar-refractivity contribution in [2.45, 2.75) is 0 Å². The predicted octanol–water partition coefficient (Wildman–Crippen LogP) is 4.74. The number of rotatable bonds is 3. The Morgan fingerprint density at radius 3 is 2.07 bits per heavy atom. The molecule has 132 valence electrons. The average molecular weight is 378 g/mol. The SMILES string of the molecule is O=C1c2ccccc2C(=O)c2c(N/N=[N+](\[O-])c3ccccc3)ccc(Cl)c21. The van der Waals surface area contributed by atoms with E-state index in [1.807, 2.05) is 0 Å². The number of nitrogens with zero attached hydrogens (tertiary/aromatic N) is 2. The minimum absolute atomic E-state index is 0.108. The number of halogens is 1. The minimum Gasteiger partial charge on any atom is -0.691 e. The van der Waals surface area contributed by atoms with Crippen molar-refractivity contribution in [3.05, 3.63) is 99.2 Å². The first-order valence-corrected chi connectivity index (χ1v) is 8.45. The van der Waals surface area contributed by atoms with Gasteiger partial charge >= 0.3 is 0 Å². The quantitative estimate of drug-likeness (QED) is 0.317. The summed E-state index contributed by atoms with van der Waals surface area (Å²) in [5.41, 5.74) is 3.96. The highest BCUT2D eigenvalue weighted by Gasteiger charge is 2.34. The molecule has 6 nitrogen and oxygen atoms in total. The summed E-state index contributed by atoms with van der Waals surface area (Å²) in [5, 5.41) is 16.0. The fraction of sp³-hybridized carbons (Fsp3) is 0. The van der Waals surface area contributed by atoms with Crippen molar-refractivity contribution in [1.29, 1.82) is 0 Å². The number of anilines is 1. The summed E-state index contributed by atoms with van der Waals surface area (Å²) in [7, 11) is 0. The number of nitrogens with one attached hydrogen (secondary N) is 1. The molecule has 0 aliphatic heterocycles. The third-order valence-corrected chi connectivity index (χ3v) is 4.58. The molecular weight excluding hydrogens is 366 g/mol. The summed E-state index contributed by atoms with van der Waals surface area (Å²) in [6.07, 6.45) is 0. The van der Waals surface area contributed by atoms with Gasteiger partial charge in [-0.2, -0.15) is 0 Å². The van der Waals surface area contributed by atoms with E-state index in [0.717, 1.165) is 0 Å². The lowest BCUT2D eigenvalue weighted by molar-refractivity contribution is -0.439. The lowest BCUT2D eigenvalue weighted by atomic mass is 9.83. The average Bonchev–Trinajstić information content (AvgIpc) is 2.71. The van der Waals surface area contributed by atoms with Gasteiger partial charge in [-0.15, -0.1) is 10.3 Å². The van der Waals surface area contributed by atoms with Gasteiger partial charge in [0.15, 0.2) is 22.9 Å². The van der Waals surface area contributed by atoms with E-state index >= 15 is 0 Å². The lowest BCUT2D eigenvalue weighted by Gasteiger charge is -2.19. The summed E-state index contributed by atoms with van der Waals surface area (Å²) in [6.45, 7) is 0. The number of carbonyl (C=O) groups is 2. The van der Waals surface area contributed by atoms with Crippen LogP contribution in [0.1, 0.15) is 31.8 Å². The highest BCUT2D eigenvalue weighted by atomic mass is 35.5. The largest absolute Gasteiger partial charge is 0.691 e. The second-order valence-electron chi connectivity index (χ2n) is 5.87. The third-order valence-electron chi connectivity index (χ3n) is 4.26. The van der Waals surface area contributed by atoms with Gasteiger partial charge in [-0.1, -0.05) is 54.1 Å². The predicted molar refractivity (Wildman–Crippen MR) is 101 cm³/mol. The van der Waals surface area contributed by atoms with Crippen LogP contribution in [-0.4, -0.2) is 16.4 Å². The van der Waals surface area contributed by atoms with Crippen molar-refractivity contribution in [3.63, 3.8) is 0 Å². The van der Waals surface area contributed by atoms with Crippen LogP contribution in [0.25, 0.3) is 0 Å². The number of fused-ring (bicyclic) bond motifs is 2. The summed E-state index contributed by atoms with van der Waals surface area (Å²) >= 11 is 6.20. The van der Waals surface area contributed by atoms with E-state index in [1.165, 1.54) is 12.1 Å². The molecule has 0 bridgehead atoms. The molecule has 1 aliphatic carbocycles. The zero-order valence-corrected chi connectivity index (χ0v) is 14.6. The first-order chi connectivity index (χ1) is 13.1. The van der Waals surface area contributed by atoms with Gasteiger partial charge in [-0.25, -0.2) is 0 Å². The van der Waals surface area contributed by atoms with Gasteiger partial charge in [0, 0.05) is 11.1 Å². The number of hydrogen-bond donors (Lipinski definition) is 1. The van der Waals surface area contributed by atoms with Crippen LogP contribution in [0.3, 0.4) is 0 Å². The second kappa shape index (κ2) is 6.66. The van der Waals surface area contributed by atoms with Crippen LogP contribution in [0.4, 0.5) is 11.4 Å². The van der Waals surface area contributed by atoms with Gasteiger partial charge in [0.05, 0.1) is 21.4 Å². The van der Waals surface area contributed by atoms with Gasteiger partial charge in [-0.05, 0) is 24.3 Å². The zero-order valence-electron chi connectivity index (χ0n) is 13.8. The van der Waals surface area contributed by atoms with E-state index in [1.54, 1.807) is 54.6 Å². The van der Waals surface area contributed by atoms with E-state index in [0.29, 0.717) is 21.7 Å². The van der Waals surface area contributed by atoms with E-state index in [2.05, 4.69) is 10.6 Å². The molecule has 0 fully saturated rings. The molecule has 0 saturated heterocycles. The smallest absolute Gasteiger partial charge is 0.198 e. The molecule has 0 spiro atoms. The number of carbonyl (C=O) groups excluding carboxylic acids is 2. The molecule has 0 saturated carbocycles. The Balaban J connectivity index is 1.79. The van der Waals surface area contributed by atoms with Crippen LogP contribution in [-0.2, 0) is 0 Å². The summed E-state index contributed by atoms with van der Waals surface area (Å²) < 4.78 is 0. The molecule has 0 atom stereocenters. The normalized spacial score (nSPS) is 13.1. The van der Waals surface area contributed by atoms with Gasteiger partial charge < -0.3 is 5.21 Å². The van der Waals surface area contributed by atoms with Gasteiger partial charge in [0.25, 0.3) is 0 Å². The Labute approximate surface area is 159 Å². The van der Waals surface area contributed by atoms with Crippen molar-refractivity contribution >= 4 is 34.5 Å². The molecule has 0 unspecified atom stereocenters. The molecule has 7 heteroatoms. The van der Waals surface area contributed by atoms with E-state index in [9.17, 15) is 14.8 Å². The van der Waals surface area contributed by atoms with E-state index in [4.69, 9.17) is 11.6 Å². The zero-order chi connectivity index (χ0) is 19.0. The van der Waals surface area contributed by atoms with Crippen molar-refractivity contribution < 1.29 is 14.4 Å². The van der Waals surface area contributed by atoms with Crippen LogP contribution in [0.5, 0.6) is 0 Å². The Morgan fingerprint density at radius 1 is 0.815 bits per heavy atom. The van der Waals surface area contributed by atoms with Crippen molar-refractivity contribution in [2.75, 3.05) is 5.43 Å². The molecule has 4 rings (SSSR count). The molecule has 1 N–H and O–H groups in total. The van der Waals surface area contributed by atoms with Crippen LogP contribution >= 0.6 is 11.6 Å². The molecule has 0 radical (unpaired) electrons. The molecular formula is C20H12ClN3O3. The number of benzene rings is 3. The Bertz CT molecular complexity index is 1110. The Kier molecular flexibility index (Phi) is 4.18. The second-order valence-corrected chi connectivity index (χ2v) is 6.28. The highest BCUT2D eigenvalue weighted by Crippen LogP contribution is 2.36. The monoisotopic (exact) mass is 377 g/mol. The minimum atomic E-state index is -0.349. The Morgan fingerprint density at radius 2 is 1.41 bits per heavy atom. The van der Waals surface area contributed by atoms with Crippen LogP contribution in [0.2, 0.25) is 5.02 Å². The molecule has 3 aromatic rings. The maximum absolute atomic E-state index is 13.0. The maximum Gasteiger partial charge on any atom is 0.198 e. The van der Waals surface area contributed by atoms with Gasteiger partial charge in [-0.3, -0.25) is 9.59 Å². The summed E-state index contributed by atoms with van der Waals surface area (Å²) in [6, 6.07) is 18.0. The molecule has 1 aliphatic rings. The fourth-order valence-electron chi connectivity index (χ4n) is 2.99. The highest BCUT2D eigenvalue weighted by molar-refractivity contribution is 6.39. The van der Waals surface area contributed by atoms with Crippen molar-refractivity contribution in [1.82, 2.24) is 0 Å². The summed E-state index contributed by atoms with van der Waals surface area (Å²) in [5.74, 6) is -0.687. The van der Waals surface area contributed by atoms with Crippen LogP contribution in [0.15, 0.2) is 72.0 Å². The van der Waals surface area contributed by atoms with Crippen molar-refractivity contribution in [3.8, 4) is 0 Å². The molecule has 0 amide bonds. The standard InChI is InChI=1S/C20H12ClN3O3/c21-15-10-11-16(22-23-24(27)12-6-2-1-3-7-12)18-17(15)19(25)13-8-4-5-9-14(13)20(18)26/h1-11,22H/b24-23-. The molecule has 0 heterocycles. The topological polar surface area (TPSA) is 84.6 Å². The van der Waals surface area contributed by atoms with E-state index in [-0.39, 0.29) is 33.4 Å². The van der Waals surface area contributed by atoms with Gasteiger partial charge in [0.2, 0.25) is 0 Å². The van der Waals surface area contributed by atoms with E-state index < -0.39 is 0 Å². The Hall–Kier alpha value is -3.51. The van der Waals surface area contributed by atoms with Crippen molar-refractivity contribution in [2.24, 2.45) is 5.22 Å². The van der Waals surface area contributed by atoms with Crippen LogP contribution in [0, 0.1) is 5.21 Å². The lowest BCUT2D eigenvalue weighted by Crippen LogP contribution is -2.22. The number of para-hydroxylation sites is 1. The summed E-state index contributed by atoms with van der Waals surface area (Å²) in [4.78, 5) is 26.2. The molecule has 27 heavy (non-hydrogen) atoms.